The molecule has 0 aliphatic carbocycles. The Balaban J connectivity index is 1.68. The van der Waals surface area contributed by atoms with Crippen molar-refractivity contribution >= 4 is 16.8 Å². The fourth-order valence-corrected chi connectivity index (χ4v) is 3.88. The van der Waals surface area contributed by atoms with Crippen molar-refractivity contribution in [1.82, 2.24) is 15.2 Å². The second-order valence-electron chi connectivity index (χ2n) is 7.87. The van der Waals surface area contributed by atoms with E-state index in [4.69, 9.17) is 4.74 Å². The van der Waals surface area contributed by atoms with Gasteiger partial charge in [-0.05, 0) is 49.4 Å². The zero-order valence-corrected chi connectivity index (χ0v) is 16.4. The molecule has 1 atom stereocenters. The molecular weight excluding hydrogens is 326 g/mol. The number of benzene rings is 1. The molecule has 5 heteroatoms. The molecule has 1 unspecified atom stereocenters. The fraction of sp³-hybridized carbons (Fsp3) is 0.571. The number of aromatic amines is 1. The quantitative estimate of drug-likeness (QED) is 0.834. The van der Waals surface area contributed by atoms with E-state index in [0.717, 1.165) is 43.6 Å². The van der Waals surface area contributed by atoms with E-state index in [1.165, 1.54) is 11.1 Å². The van der Waals surface area contributed by atoms with Crippen LogP contribution in [0, 0.1) is 19.8 Å². The van der Waals surface area contributed by atoms with Gasteiger partial charge >= 0.3 is 0 Å². The summed E-state index contributed by atoms with van der Waals surface area (Å²) in [7, 11) is 0. The summed E-state index contributed by atoms with van der Waals surface area (Å²) in [5.41, 5.74) is 4.06. The first-order chi connectivity index (χ1) is 12.4. The number of rotatable bonds is 6. The molecule has 1 aliphatic heterocycles. The molecule has 1 aliphatic rings. The summed E-state index contributed by atoms with van der Waals surface area (Å²) in [5.74, 6) is 0.568. The molecule has 0 bridgehead atoms. The number of ether oxygens (including phenoxy) is 1. The lowest BCUT2D eigenvalue weighted by molar-refractivity contribution is 0.0124. The first-order valence-corrected chi connectivity index (χ1v) is 9.64. The Bertz CT molecular complexity index is 760. The van der Waals surface area contributed by atoms with Gasteiger partial charge in [0.2, 0.25) is 0 Å². The van der Waals surface area contributed by atoms with Crippen molar-refractivity contribution in [2.45, 2.75) is 40.2 Å². The van der Waals surface area contributed by atoms with E-state index >= 15 is 0 Å². The Morgan fingerprint density at radius 3 is 2.65 bits per heavy atom. The van der Waals surface area contributed by atoms with Crippen LogP contribution in [0.1, 0.15) is 41.9 Å². The molecule has 1 saturated heterocycles. The highest BCUT2D eigenvalue weighted by atomic mass is 16.5. The molecule has 0 saturated carbocycles. The van der Waals surface area contributed by atoms with Crippen LogP contribution in [0.15, 0.2) is 18.2 Å². The summed E-state index contributed by atoms with van der Waals surface area (Å²) >= 11 is 0. The Labute approximate surface area is 156 Å². The summed E-state index contributed by atoms with van der Waals surface area (Å²) in [6.07, 6.45) is 1.07. The van der Waals surface area contributed by atoms with Gasteiger partial charge in [0, 0.05) is 36.6 Å². The van der Waals surface area contributed by atoms with Gasteiger partial charge in [-0.1, -0.05) is 19.9 Å². The molecule has 2 N–H and O–H groups in total. The Morgan fingerprint density at radius 1 is 1.23 bits per heavy atom. The molecule has 0 radical (unpaired) electrons. The summed E-state index contributed by atoms with van der Waals surface area (Å²) in [5, 5.41) is 4.26. The third-order valence-corrected chi connectivity index (χ3v) is 5.14. The van der Waals surface area contributed by atoms with Crippen LogP contribution in [0.2, 0.25) is 0 Å². The van der Waals surface area contributed by atoms with Crippen molar-refractivity contribution in [3.05, 3.63) is 35.0 Å². The second-order valence-corrected chi connectivity index (χ2v) is 7.87. The highest BCUT2D eigenvalue weighted by Crippen LogP contribution is 2.21. The number of nitrogens with one attached hydrogen (secondary N) is 2. The van der Waals surface area contributed by atoms with E-state index in [-0.39, 0.29) is 5.91 Å². The summed E-state index contributed by atoms with van der Waals surface area (Å²) in [6.45, 7) is 12.7. The van der Waals surface area contributed by atoms with Crippen LogP contribution >= 0.6 is 0 Å². The predicted molar refractivity (Wildman–Crippen MR) is 106 cm³/mol. The van der Waals surface area contributed by atoms with E-state index in [0.29, 0.717) is 24.2 Å². The second kappa shape index (κ2) is 8.23. The number of fused-ring (bicyclic) bond motifs is 1. The number of hydrogen-bond acceptors (Lipinski definition) is 3. The lowest BCUT2D eigenvalue weighted by atomic mass is 10.0. The standard InChI is InChI=1S/C21H31N3O2/c1-14(2)9-17(24-5-7-26-8-6-24)13-22-21(25)20-12-18-16(4)10-15(3)11-19(18)23-20/h10-12,14,17,23H,5-9,13H2,1-4H3,(H,22,25). The smallest absolute Gasteiger partial charge is 0.267 e. The zero-order chi connectivity index (χ0) is 18.7. The first kappa shape index (κ1) is 18.9. The Morgan fingerprint density at radius 2 is 1.96 bits per heavy atom. The van der Waals surface area contributed by atoms with Gasteiger partial charge in [-0.3, -0.25) is 9.69 Å². The van der Waals surface area contributed by atoms with E-state index in [1.54, 1.807) is 0 Å². The topological polar surface area (TPSA) is 57.4 Å². The van der Waals surface area contributed by atoms with Crippen molar-refractivity contribution in [2.75, 3.05) is 32.8 Å². The van der Waals surface area contributed by atoms with Gasteiger partial charge < -0.3 is 15.0 Å². The van der Waals surface area contributed by atoms with Crippen molar-refractivity contribution in [1.29, 1.82) is 0 Å². The highest BCUT2D eigenvalue weighted by molar-refractivity contribution is 5.99. The Hall–Kier alpha value is -1.85. The number of nitrogens with zero attached hydrogens (tertiary/aromatic N) is 1. The van der Waals surface area contributed by atoms with E-state index in [2.05, 4.69) is 55.0 Å². The van der Waals surface area contributed by atoms with E-state index in [1.807, 2.05) is 6.07 Å². The monoisotopic (exact) mass is 357 g/mol. The number of hydrogen-bond donors (Lipinski definition) is 2. The molecule has 1 aromatic carbocycles. The Kier molecular flexibility index (Phi) is 5.99. The first-order valence-electron chi connectivity index (χ1n) is 9.64. The van der Waals surface area contributed by atoms with Gasteiger partial charge in [0.1, 0.15) is 5.69 Å². The number of carbonyl (C=O) groups is 1. The SMILES string of the molecule is Cc1cc(C)c2cc(C(=O)NCC(CC(C)C)N3CCOCC3)[nH]c2c1. The van der Waals surface area contributed by atoms with Crippen molar-refractivity contribution in [3.63, 3.8) is 0 Å². The predicted octanol–water partition coefficient (Wildman–Crippen LogP) is 3.26. The number of aryl methyl sites for hydroxylation is 2. The molecule has 5 nitrogen and oxygen atoms in total. The maximum Gasteiger partial charge on any atom is 0.267 e. The normalized spacial score (nSPS) is 17.0. The molecule has 26 heavy (non-hydrogen) atoms. The number of H-pyrrole nitrogens is 1. The third-order valence-electron chi connectivity index (χ3n) is 5.14. The number of amides is 1. The summed E-state index contributed by atoms with van der Waals surface area (Å²) in [6, 6.07) is 6.56. The molecule has 1 aromatic heterocycles. The van der Waals surface area contributed by atoms with Crippen LogP contribution in [0.3, 0.4) is 0 Å². The summed E-state index contributed by atoms with van der Waals surface area (Å²) in [4.78, 5) is 18.4. The van der Waals surface area contributed by atoms with Crippen LogP contribution < -0.4 is 5.32 Å². The van der Waals surface area contributed by atoms with Gasteiger partial charge in [-0.15, -0.1) is 0 Å². The van der Waals surface area contributed by atoms with Crippen LogP contribution in [-0.2, 0) is 4.74 Å². The molecule has 142 valence electrons. The zero-order valence-electron chi connectivity index (χ0n) is 16.4. The number of aromatic nitrogens is 1. The average molecular weight is 357 g/mol. The molecule has 2 heterocycles. The molecule has 1 fully saturated rings. The van der Waals surface area contributed by atoms with Crippen LogP contribution in [-0.4, -0.2) is 54.7 Å². The van der Waals surface area contributed by atoms with Gasteiger partial charge in [0.15, 0.2) is 0 Å². The van der Waals surface area contributed by atoms with Gasteiger partial charge in [-0.2, -0.15) is 0 Å². The minimum atomic E-state index is -0.0275. The van der Waals surface area contributed by atoms with Crippen molar-refractivity contribution in [2.24, 2.45) is 5.92 Å². The molecular formula is C21H31N3O2. The number of morpholine rings is 1. The fourth-order valence-electron chi connectivity index (χ4n) is 3.88. The molecule has 3 rings (SSSR count). The minimum Gasteiger partial charge on any atom is -0.379 e. The number of carbonyl (C=O) groups excluding carboxylic acids is 1. The van der Waals surface area contributed by atoms with Crippen molar-refractivity contribution in [3.8, 4) is 0 Å². The molecule has 1 amide bonds. The lowest BCUT2D eigenvalue weighted by Gasteiger charge is -2.35. The molecule has 2 aromatic rings. The van der Waals surface area contributed by atoms with Crippen molar-refractivity contribution < 1.29 is 9.53 Å². The highest BCUT2D eigenvalue weighted by Gasteiger charge is 2.23. The van der Waals surface area contributed by atoms with E-state index < -0.39 is 0 Å². The van der Waals surface area contributed by atoms with Gasteiger partial charge in [0.05, 0.1) is 13.2 Å². The van der Waals surface area contributed by atoms with Crippen LogP contribution in [0.4, 0.5) is 0 Å². The van der Waals surface area contributed by atoms with Crippen LogP contribution in [0.5, 0.6) is 0 Å². The largest absolute Gasteiger partial charge is 0.379 e. The van der Waals surface area contributed by atoms with Gasteiger partial charge in [-0.25, -0.2) is 0 Å². The maximum absolute atomic E-state index is 12.7. The molecule has 0 spiro atoms. The van der Waals surface area contributed by atoms with Crippen LogP contribution in [0.25, 0.3) is 10.9 Å². The summed E-state index contributed by atoms with van der Waals surface area (Å²) < 4.78 is 5.47. The van der Waals surface area contributed by atoms with E-state index in [9.17, 15) is 4.79 Å². The maximum atomic E-state index is 12.7. The van der Waals surface area contributed by atoms with Gasteiger partial charge in [0.25, 0.3) is 5.91 Å². The minimum absolute atomic E-state index is 0.0275. The lowest BCUT2D eigenvalue weighted by Crippen LogP contribution is -2.49. The third kappa shape index (κ3) is 4.46. The average Bonchev–Trinajstić information content (AvgIpc) is 3.03.